The summed E-state index contributed by atoms with van der Waals surface area (Å²) < 4.78 is 31.9. The van der Waals surface area contributed by atoms with Gasteiger partial charge in [-0.25, -0.2) is 12.7 Å². The highest BCUT2D eigenvalue weighted by molar-refractivity contribution is 7.89. The molecule has 10 heteroatoms. The average molecular weight is 351 g/mol. The number of hydrogen-bond donors (Lipinski definition) is 1. The summed E-state index contributed by atoms with van der Waals surface area (Å²) >= 11 is 5.93. The second-order valence-electron chi connectivity index (χ2n) is 5.44. The first-order valence-corrected chi connectivity index (χ1v) is 8.67. The van der Waals surface area contributed by atoms with Gasteiger partial charge in [0.25, 0.3) is 5.91 Å². The van der Waals surface area contributed by atoms with Crippen LogP contribution in [-0.2, 0) is 21.8 Å². The smallest absolute Gasteiger partial charge is 0.273 e. The van der Waals surface area contributed by atoms with Gasteiger partial charge in [-0.15, -0.1) is 0 Å². The van der Waals surface area contributed by atoms with Gasteiger partial charge in [-0.3, -0.25) is 9.48 Å². The molecule has 124 valence electrons. The number of ether oxygens (including phenoxy) is 1. The molecule has 1 aromatic heterocycles. The highest BCUT2D eigenvalue weighted by atomic mass is 35.5. The Morgan fingerprint density at radius 1 is 1.55 bits per heavy atom. The van der Waals surface area contributed by atoms with Crippen LogP contribution in [-0.4, -0.2) is 67.5 Å². The van der Waals surface area contributed by atoms with E-state index in [1.165, 1.54) is 29.3 Å². The Morgan fingerprint density at radius 2 is 2.23 bits per heavy atom. The summed E-state index contributed by atoms with van der Waals surface area (Å²) in [6, 6.07) is -0.389. The lowest BCUT2D eigenvalue weighted by Crippen LogP contribution is -2.43. The van der Waals surface area contributed by atoms with Crippen molar-refractivity contribution in [3.63, 3.8) is 0 Å². The van der Waals surface area contributed by atoms with E-state index in [0.717, 1.165) is 0 Å². The summed E-state index contributed by atoms with van der Waals surface area (Å²) in [5.74, 6) is -0.826. The van der Waals surface area contributed by atoms with Crippen molar-refractivity contribution in [1.29, 1.82) is 0 Å². The molecule has 1 fully saturated rings. The van der Waals surface area contributed by atoms with Gasteiger partial charge in [0.1, 0.15) is 0 Å². The molecule has 0 spiro atoms. The highest BCUT2D eigenvalue weighted by Gasteiger charge is 2.34. The van der Waals surface area contributed by atoms with Gasteiger partial charge in [0.05, 0.1) is 30.0 Å². The van der Waals surface area contributed by atoms with Crippen LogP contribution in [0, 0.1) is 5.92 Å². The second kappa shape index (κ2) is 6.53. The number of carbonyl (C=O) groups excluding carboxylic acids is 1. The number of sulfonamides is 1. The third-order valence-electron chi connectivity index (χ3n) is 3.50. The average Bonchev–Trinajstić information content (AvgIpc) is 2.95. The molecule has 22 heavy (non-hydrogen) atoms. The van der Waals surface area contributed by atoms with E-state index in [1.807, 2.05) is 0 Å². The molecular formula is C12H19ClN4O4S. The minimum Gasteiger partial charge on any atom is -0.379 e. The molecule has 2 rings (SSSR count). The SMILES string of the molecule is CN(C)S(=O)(=O)C[C@@H]1COC[C@H]1NC(=O)c1nn(C)cc1Cl. The van der Waals surface area contributed by atoms with E-state index in [-0.39, 0.29) is 41.6 Å². The lowest BCUT2D eigenvalue weighted by Gasteiger charge is -2.20. The fraction of sp³-hybridized carbons (Fsp3) is 0.667. The number of aromatic nitrogens is 2. The zero-order chi connectivity index (χ0) is 16.5. The molecule has 8 nitrogen and oxygen atoms in total. The summed E-state index contributed by atoms with van der Waals surface area (Å²) in [5.41, 5.74) is 0.116. The van der Waals surface area contributed by atoms with Crippen molar-refractivity contribution >= 4 is 27.5 Å². The molecule has 0 bridgehead atoms. The molecule has 1 saturated heterocycles. The van der Waals surface area contributed by atoms with Crippen LogP contribution in [0.4, 0.5) is 0 Å². The van der Waals surface area contributed by atoms with Crippen LogP contribution < -0.4 is 5.32 Å². The largest absolute Gasteiger partial charge is 0.379 e. The zero-order valence-corrected chi connectivity index (χ0v) is 14.2. The normalized spacial score (nSPS) is 22.2. The molecule has 0 aliphatic carbocycles. The minimum atomic E-state index is -3.36. The molecule has 1 amide bonds. The van der Waals surface area contributed by atoms with E-state index in [4.69, 9.17) is 16.3 Å². The molecule has 1 N–H and O–H groups in total. The van der Waals surface area contributed by atoms with Gasteiger partial charge in [0.2, 0.25) is 10.0 Å². The first-order valence-electron chi connectivity index (χ1n) is 6.68. The van der Waals surface area contributed by atoms with E-state index < -0.39 is 15.9 Å². The molecule has 0 aromatic carbocycles. The van der Waals surface area contributed by atoms with Crippen LogP contribution in [0.5, 0.6) is 0 Å². The Morgan fingerprint density at radius 3 is 2.77 bits per heavy atom. The van der Waals surface area contributed by atoms with Gasteiger partial charge in [-0.2, -0.15) is 5.10 Å². The van der Waals surface area contributed by atoms with Crippen LogP contribution in [0.2, 0.25) is 5.02 Å². The highest BCUT2D eigenvalue weighted by Crippen LogP contribution is 2.19. The summed E-state index contributed by atoms with van der Waals surface area (Å²) in [6.07, 6.45) is 1.52. The summed E-state index contributed by atoms with van der Waals surface area (Å²) in [7, 11) is 1.25. The Hall–Kier alpha value is -1.16. The molecule has 1 aliphatic rings. The summed E-state index contributed by atoms with van der Waals surface area (Å²) in [5, 5.41) is 6.99. The Labute approximate surface area is 134 Å². The number of amides is 1. The van der Waals surface area contributed by atoms with Crippen molar-refractivity contribution in [3.8, 4) is 0 Å². The maximum Gasteiger partial charge on any atom is 0.273 e. The van der Waals surface area contributed by atoms with Gasteiger partial charge in [0.15, 0.2) is 5.69 Å². The lowest BCUT2D eigenvalue weighted by molar-refractivity contribution is 0.0920. The number of halogens is 1. The van der Waals surface area contributed by atoms with E-state index in [0.29, 0.717) is 0 Å². The third kappa shape index (κ3) is 3.78. The fourth-order valence-corrected chi connectivity index (χ4v) is 3.62. The zero-order valence-electron chi connectivity index (χ0n) is 12.6. The monoisotopic (exact) mass is 350 g/mol. The van der Waals surface area contributed by atoms with Crippen molar-refractivity contribution in [2.45, 2.75) is 6.04 Å². The van der Waals surface area contributed by atoms with Crippen molar-refractivity contribution < 1.29 is 17.9 Å². The topological polar surface area (TPSA) is 93.5 Å². The number of aryl methyl sites for hydroxylation is 1. The number of nitrogens with zero attached hydrogens (tertiary/aromatic N) is 3. The van der Waals surface area contributed by atoms with Crippen molar-refractivity contribution in [1.82, 2.24) is 19.4 Å². The predicted molar refractivity (Wildman–Crippen MR) is 81.3 cm³/mol. The Balaban J connectivity index is 2.05. The van der Waals surface area contributed by atoms with Crippen LogP contribution in [0.25, 0.3) is 0 Å². The fourth-order valence-electron chi connectivity index (χ4n) is 2.19. The molecule has 1 aliphatic heterocycles. The second-order valence-corrected chi connectivity index (χ2v) is 8.07. The van der Waals surface area contributed by atoms with Crippen LogP contribution in [0.1, 0.15) is 10.5 Å². The van der Waals surface area contributed by atoms with Crippen LogP contribution in [0.3, 0.4) is 0 Å². The van der Waals surface area contributed by atoms with Crippen molar-refractivity contribution in [2.75, 3.05) is 33.1 Å². The number of nitrogens with one attached hydrogen (secondary N) is 1. The molecule has 0 unspecified atom stereocenters. The first-order chi connectivity index (χ1) is 10.2. The lowest BCUT2D eigenvalue weighted by atomic mass is 10.1. The van der Waals surface area contributed by atoms with Gasteiger partial charge >= 0.3 is 0 Å². The number of rotatable bonds is 5. The van der Waals surface area contributed by atoms with Gasteiger partial charge < -0.3 is 10.1 Å². The molecular weight excluding hydrogens is 332 g/mol. The molecule has 2 atom stereocenters. The maximum absolute atomic E-state index is 12.2. The van der Waals surface area contributed by atoms with E-state index in [2.05, 4.69) is 10.4 Å². The Kier molecular flexibility index (Phi) is 5.10. The quantitative estimate of drug-likeness (QED) is 0.787. The molecule has 1 aromatic rings. The van der Waals surface area contributed by atoms with Crippen molar-refractivity contribution in [3.05, 3.63) is 16.9 Å². The molecule has 0 saturated carbocycles. The van der Waals surface area contributed by atoms with Crippen LogP contribution >= 0.6 is 11.6 Å². The minimum absolute atomic E-state index is 0.0824. The summed E-state index contributed by atoms with van der Waals surface area (Å²) in [6.45, 7) is 0.553. The van der Waals surface area contributed by atoms with Crippen molar-refractivity contribution in [2.24, 2.45) is 13.0 Å². The summed E-state index contributed by atoms with van der Waals surface area (Å²) in [4.78, 5) is 12.2. The van der Waals surface area contributed by atoms with Gasteiger partial charge in [-0.1, -0.05) is 11.6 Å². The maximum atomic E-state index is 12.2. The van der Waals surface area contributed by atoms with E-state index >= 15 is 0 Å². The molecule has 0 radical (unpaired) electrons. The van der Waals surface area contributed by atoms with Gasteiger partial charge in [-0.05, 0) is 0 Å². The van der Waals surface area contributed by atoms with E-state index in [1.54, 1.807) is 7.05 Å². The first kappa shape index (κ1) is 17.2. The predicted octanol–water partition coefficient (Wildman–Crippen LogP) is -0.290. The number of hydrogen-bond acceptors (Lipinski definition) is 5. The van der Waals surface area contributed by atoms with Gasteiger partial charge in [0, 0.05) is 33.3 Å². The standard InChI is InChI=1S/C12H19ClN4O4S/c1-16(2)22(19,20)7-8-5-21-6-10(8)14-12(18)11-9(13)4-17(3)15-11/h4,8,10H,5-7H2,1-3H3,(H,14,18)/t8-,10+/m0/s1. The van der Waals surface area contributed by atoms with Crippen LogP contribution in [0.15, 0.2) is 6.20 Å². The Bertz CT molecular complexity index is 658. The van der Waals surface area contributed by atoms with E-state index in [9.17, 15) is 13.2 Å². The third-order valence-corrected chi connectivity index (χ3v) is 5.73. The molecule has 2 heterocycles. The number of carbonyl (C=O) groups is 1.